The van der Waals surface area contributed by atoms with Crippen LogP contribution in [0.1, 0.15) is 0 Å². The number of aromatic hydroxyl groups is 1. The molecule has 0 atom stereocenters. The highest BCUT2D eigenvalue weighted by Gasteiger charge is 2.23. The molecule has 0 aliphatic heterocycles. The Bertz CT molecular complexity index is 1060. The molecule has 0 bridgehead atoms. The Kier molecular flexibility index (Phi) is 8.54. The molecule has 0 saturated heterocycles. The lowest BCUT2D eigenvalue weighted by Gasteiger charge is -2.08. The maximum atomic E-state index is 10.7. The van der Waals surface area contributed by atoms with E-state index in [1.54, 1.807) is 0 Å². The molecule has 17 nitrogen and oxygen atoms in total. The molecule has 0 fully saturated rings. The molecule has 0 heterocycles. The minimum atomic E-state index is -0.901. The fourth-order valence-electron chi connectivity index (χ4n) is 2.07. The molecule has 0 saturated carbocycles. The van der Waals surface area contributed by atoms with Crippen LogP contribution >= 0.6 is 0 Å². The molecule has 2 rings (SSSR count). The number of benzene rings is 2. The van der Waals surface area contributed by atoms with Gasteiger partial charge in [0, 0.05) is 7.11 Å². The third-order valence-electron chi connectivity index (χ3n) is 3.59. The average Bonchev–Trinajstić information content (AvgIpc) is 2.70. The third-order valence-corrected chi connectivity index (χ3v) is 3.59. The summed E-state index contributed by atoms with van der Waals surface area (Å²) in [4.78, 5) is 38.6. The first-order valence-electron chi connectivity index (χ1n) is 8.16. The number of nitro benzene ring substituents is 4. The maximum absolute atomic E-state index is 10.7. The number of nitrogens with zero attached hydrogens (tertiary/aromatic N) is 4. The second-order valence-corrected chi connectivity index (χ2v) is 5.64. The van der Waals surface area contributed by atoms with Gasteiger partial charge in [0.2, 0.25) is 0 Å². The molecule has 0 aromatic heterocycles. The van der Waals surface area contributed by atoms with Crippen LogP contribution < -0.4 is 16.2 Å². The zero-order valence-corrected chi connectivity index (χ0v) is 16.2. The summed E-state index contributed by atoms with van der Waals surface area (Å²) in [6, 6.07) is 3.27. The van der Waals surface area contributed by atoms with Crippen LogP contribution in [-0.4, -0.2) is 45.1 Å². The van der Waals surface area contributed by atoms with E-state index >= 15 is 0 Å². The van der Waals surface area contributed by atoms with Gasteiger partial charge in [-0.2, -0.15) is 0 Å². The molecule has 0 spiro atoms. The van der Waals surface area contributed by atoms with Gasteiger partial charge in [-0.25, -0.2) is 0 Å². The smallest absolute Gasteiger partial charge is 0.302 e. The summed E-state index contributed by atoms with van der Waals surface area (Å²) < 4.78 is 9.83. The Morgan fingerprint density at radius 2 is 1.25 bits per heavy atom. The fourth-order valence-corrected chi connectivity index (χ4v) is 2.07. The van der Waals surface area contributed by atoms with Crippen molar-refractivity contribution in [3.05, 3.63) is 64.7 Å². The minimum Gasteiger partial charge on any atom is -0.505 e. The van der Waals surface area contributed by atoms with Crippen molar-refractivity contribution in [3.8, 4) is 11.5 Å². The Hall–Kier alpha value is -4.80. The van der Waals surface area contributed by atoms with Crippen molar-refractivity contribution in [2.45, 2.75) is 0 Å². The summed E-state index contributed by atoms with van der Waals surface area (Å²) in [6.07, 6.45) is 0. The molecule has 2 aromatic carbocycles. The number of nitro groups is 4. The van der Waals surface area contributed by atoms with Gasteiger partial charge in [0.15, 0.2) is 22.9 Å². The van der Waals surface area contributed by atoms with Gasteiger partial charge in [0.25, 0.3) is 11.4 Å². The summed E-state index contributed by atoms with van der Waals surface area (Å²) in [5, 5.41) is 51.0. The van der Waals surface area contributed by atoms with Gasteiger partial charge in [-0.05, 0) is 0 Å². The number of hydrogen-bond acceptors (Lipinski definition) is 13. The molecule has 0 radical (unpaired) electrons. The van der Waals surface area contributed by atoms with Crippen LogP contribution in [-0.2, 0) is 4.74 Å². The number of nitrogen functional groups attached to an aromatic ring is 2. The van der Waals surface area contributed by atoms with E-state index in [2.05, 4.69) is 0 Å². The minimum absolute atomic E-state index is 0.0824. The molecular formula is C15H16N6O11. The Morgan fingerprint density at radius 3 is 1.69 bits per heavy atom. The standard InChI is InChI=1S/C9H11N3O6.C6H5N3O5/c1-17-2-3-18-8-5-6(11(13)14)4-7(9(8)10)12(15)16;7-6-4(9(13)14)1-3(8(11)12)2-5(6)10/h4-5H,2-3,10H2,1H3;1-2,10H,7H2. The topological polar surface area (TPSA) is 263 Å². The van der Waals surface area contributed by atoms with Gasteiger partial charge >= 0.3 is 11.4 Å². The zero-order chi connectivity index (χ0) is 24.6. The van der Waals surface area contributed by atoms with Crippen molar-refractivity contribution in [1.82, 2.24) is 0 Å². The first-order valence-corrected chi connectivity index (χ1v) is 8.16. The first-order chi connectivity index (χ1) is 14.9. The highest BCUT2D eigenvalue weighted by Crippen LogP contribution is 2.36. The quantitative estimate of drug-likeness (QED) is 0.168. The largest absolute Gasteiger partial charge is 0.505 e. The predicted octanol–water partition coefficient (Wildman–Crippen LogP) is 1.90. The Balaban J connectivity index is 0.000000330. The number of anilines is 2. The molecule has 32 heavy (non-hydrogen) atoms. The van der Waals surface area contributed by atoms with Gasteiger partial charge < -0.3 is 26.0 Å². The molecule has 0 aliphatic carbocycles. The van der Waals surface area contributed by atoms with Crippen molar-refractivity contribution in [2.24, 2.45) is 0 Å². The van der Waals surface area contributed by atoms with E-state index in [1.165, 1.54) is 7.11 Å². The van der Waals surface area contributed by atoms with E-state index in [4.69, 9.17) is 26.0 Å². The van der Waals surface area contributed by atoms with E-state index in [-0.39, 0.29) is 24.7 Å². The number of non-ortho nitro benzene ring substituents is 2. The van der Waals surface area contributed by atoms with Crippen molar-refractivity contribution < 1.29 is 34.3 Å². The molecule has 172 valence electrons. The Morgan fingerprint density at radius 1 is 0.781 bits per heavy atom. The monoisotopic (exact) mass is 456 g/mol. The van der Waals surface area contributed by atoms with Gasteiger partial charge in [-0.3, -0.25) is 40.5 Å². The molecular weight excluding hydrogens is 440 g/mol. The third kappa shape index (κ3) is 6.35. The highest BCUT2D eigenvalue weighted by atomic mass is 16.6. The van der Waals surface area contributed by atoms with Crippen LogP contribution in [0.3, 0.4) is 0 Å². The number of phenols is 1. The van der Waals surface area contributed by atoms with E-state index < -0.39 is 53.9 Å². The molecule has 0 amide bonds. The van der Waals surface area contributed by atoms with Gasteiger partial charge in [-0.1, -0.05) is 0 Å². The van der Waals surface area contributed by atoms with E-state index in [0.29, 0.717) is 6.07 Å². The van der Waals surface area contributed by atoms with Crippen molar-refractivity contribution in [1.29, 1.82) is 0 Å². The lowest BCUT2D eigenvalue weighted by molar-refractivity contribution is -0.394. The van der Waals surface area contributed by atoms with Gasteiger partial charge in [0.1, 0.15) is 6.61 Å². The molecule has 0 aliphatic rings. The number of nitrogens with two attached hydrogens (primary N) is 2. The lowest BCUT2D eigenvalue weighted by Crippen LogP contribution is -2.07. The molecule has 17 heteroatoms. The number of rotatable bonds is 8. The number of phenolic OH excluding ortho intramolecular Hbond substituents is 1. The molecule has 5 N–H and O–H groups in total. The first kappa shape index (κ1) is 25.2. The number of hydrogen-bond donors (Lipinski definition) is 3. The average molecular weight is 456 g/mol. The Labute approximate surface area is 177 Å². The van der Waals surface area contributed by atoms with E-state index in [1.807, 2.05) is 0 Å². The summed E-state index contributed by atoms with van der Waals surface area (Å²) in [7, 11) is 1.45. The molecule has 2 aromatic rings. The van der Waals surface area contributed by atoms with Crippen LogP contribution in [0.25, 0.3) is 0 Å². The van der Waals surface area contributed by atoms with Crippen molar-refractivity contribution in [2.75, 3.05) is 31.8 Å². The second kappa shape index (κ2) is 10.8. The summed E-state index contributed by atoms with van der Waals surface area (Å²) in [6.45, 7) is 0.314. The zero-order valence-electron chi connectivity index (χ0n) is 16.2. The van der Waals surface area contributed by atoms with Crippen LogP contribution in [0.2, 0.25) is 0 Å². The maximum Gasteiger partial charge on any atom is 0.302 e. The van der Waals surface area contributed by atoms with E-state index in [9.17, 15) is 40.5 Å². The SMILES string of the molecule is COCCOc1cc([N+](=O)[O-])cc([N+](=O)[O-])c1N.Nc1c(O)cc([N+](=O)[O-])cc1[N+](=O)[O-]. The van der Waals surface area contributed by atoms with Crippen molar-refractivity contribution >= 4 is 34.1 Å². The van der Waals surface area contributed by atoms with Gasteiger partial charge in [-0.15, -0.1) is 0 Å². The van der Waals surface area contributed by atoms with Crippen LogP contribution in [0.4, 0.5) is 34.1 Å². The van der Waals surface area contributed by atoms with Crippen LogP contribution in [0, 0.1) is 40.5 Å². The van der Waals surface area contributed by atoms with E-state index in [0.717, 1.165) is 18.2 Å². The summed E-state index contributed by atoms with van der Waals surface area (Å²) in [5.41, 5.74) is 7.63. The van der Waals surface area contributed by atoms with Gasteiger partial charge in [0.05, 0.1) is 50.6 Å². The lowest BCUT2D eigenvalue weighted by atomic mass is 10.2. The number of ether oxygens (including phenoxy) is 2. The van der Waals surface area contributed by atoms with Crippen molar-refractivity contribution in [3.63, 3.8) is 0 Å². The normalized spacial score (nSPS) is 9.91. The predicted molar refractivity (Wildman–Crippen MR) is 107 cm³/mol. The summed E-state index contributed by atoms with van der Waals surface area (Å²) in [5.74, 6) is -0.779. The second-order valence-electron chi connectivity index (χ2n) is 5.64. The van der Waals surface area contributed by atoms with Crippen LogP contribution in [0.15, 0.2) is 24.3 Å². The van der Waals surface area contributed by atoms with Crippen LogP contribution in [0.5, 0.6) is 11.5 Å². The fraction of sp³-hybridized carbons (Fsp3) is 0.200. The highest BCUT2D eigenvalue weighted by molar-refractivity contribution is 5.71. The number of methoxy groups -OCH3 is 1. The molecule has 0 unspecified atom stereocenters. The summed E-state index contributed by atoms with van der Waals surface area (Å²) >= 11 is 0.